The van der Waals surface area contributed by atoms with Gasteiger partial charge in [0.2, 0.25) is 12.0 Å². The number of aliphatic hydroxyl groups is 1. The van der Waals surface area contributed by atoms with Crippen LogP contribution in [0.25, 0.3) is 21.9 Å². The van der Waals surface area contributed by atoms with Gasteiger partial charge in [0.1, 0.15) is 5.75 Å². The lowest BCUT2D eigenvalue weighted by Crippen LogP contribution is -2.33. The Balaban J connectivity index is 2.21. The molecule has 1 N–H and O–H groups in total. The summed E-state index contributed by atoms with van der Waals surface area (Å²) in [5, 5.41) is 11.2. The summed E-state index contributed by atoms with van der Waals surface area (Å²) in [5.74, 6) is -0.0467. The number of rotatable bonds is 6. The van der Waals surface area contributed by atoms with Crippen LogP contribution in [0.1, 0.15) is 27.2 Å². The molecule has 0 saturated carbocycles. The molecule has 27 heavy (non-hydrogen) atoms. The first kappa shape index (κ1) is 18.8. The Hall–Kier alpha value is -3.00. The molecule has 0 fully saturated rings. The highest BCUT2D eigenvalue weighted by molar-refractivity contribution is 6.06. The van der Waals surface area contributed by atoms with Crippen molar-refractivity contribution in [2.75, 3.05) is 7.11 Å². The maximum absolute atomic E-state index is 11.8. The molecule has 8 heteroatoms. The SMILES string of the molecule is COc1c2ccoc2c(OC(CC(C)(C)O)OC(C)=O)c2oc(=O)ccc12. The number of fused-ring (bicyclic) bond motifs is 2. The van der Waals surface area contributed by atoms with Crippen molar-refractivity contribution in [1.29, 1.82) is 0 Å². The van der Waals surface area contributed by atoms with E-state index in [1.807, 2.05) is 0 Å². The smallest absolute Gasteiger partial charge is 0.336 e. The minimum atomic E-state index is -1.18. The fraction of sp³-hybridized carbons (Fsp3) is 0.368. The third-order valence-corrected chi connectivity index (χ3v) is 3.82. The fourth-order valence-corrected chi connectivity index (χ4v) is 2.83. The average molecular weight is 376 g/mol. The van der Waals surface area contributed by atoms with E-state index in [0.717, 1.165) is 0 Å². The predicted octanol–water partition coefficient (Wildman–Crippen LogP) is 2.98. The van der Waals surface area contributed by atoms with Crippen LogP contribution in [0.2, 0.25) is 0 Å². The van der Waals surface area contributed by atoms with Gasteiger partial charge in [-0.15, -0.1) is 0 Å². The number of hydrogen-bond acceptors (Lipinski definition) is 8. The topological polar surface area (TPSA) is 108 Å². The van der Waals surface area contributed by atoms with E-state index in [0.29, 0.717) is 16.5 Å². The summed E-state index contributed by atoms with van der Waals surface area (Å²) in [6, 6.07) is 4.50. The van der Waals surface area contributed by atoms with Gasteiger partial charge in [-0.05, 0) is 26.0 Å². The summed E-state index contributed by atoms with van der Waals surface area (Å²) in [5.41, 5.74) is -1.41. The molecule has 3 aromatic rings. The predicted molar refractivity (Wildman–Crippen MR) is 95.9 cm³/mol. The highest BCUT2D eigenvalue weighted by Gasteiger charge is 2.28. The van der Waals surface area contributed by atoms with Crippen molar-refractivity contribution in [3.63, 3.8) is 0 Å². The Morgan fingerprint density at radius 1 is 1.19 bits per heavy atom. The first-order valence-corrected chi connectivity index (χ1v) is 8.27. The van der Waals surface area contributed by atoms with E-state index in [1.54, 1.807) is 26.0 Å². The number of carbonyl (C=O) groups is 1. The molecule has 0 spiro atoms. The first-order valence-electron chi connectivity index (χ1n) is 8.27. The summed E-state index contributed by atoms with van der Waals surface area (Å²) in [7, 11) is 1.49. The Morgan fingerprint density at radius 2 is 1.89 bits per heavy atom. The van der Waals surface area contributed by atoms with Crippen LogP contribution >= 0.6 is 0 Å². The van der Waals surface area contributed by atoms with E-state index in [2.05, 4.69) is 0 Å². The molecule has 0 bridgehead atoms. The Labute approximate surface area is 154 Å². The molecule has 0 radical (unpaired) electrons. The van der Waals surface area contributed by atoms with Crippen molar-refractivity contribution in [3.05, 3.63) is 34.9 Å². The molecule has 1 atom stereocenters. The summed E-state index contributed by atoms with van der Waals surface area (Å²) in [6.07, 6.45) is 0.297. The normalized spacial score (nSPS) is 12.9. The van der Waals surface area contributed by atoms with Crippen LogP contribution in [0, 0.1) is 0 Å². The molecule has 0 aliphatic heterocycles. The standard InChI is InChI=1S/C19H20O8/c1-10(20)25-14(9-19(2,3)22)27-18-16-12(7-8-24-16)15(23-4)11-5-6-13(21)26-17(11)18/h5-8,14,22H,9H2,1-4H3. The lowest BCUT2D eigenvalue weighted by molar-refractivity contribution is -0.167. The van der Waals surface area contributed by atoms with E-state index >= 15 is 0 Å². The van der Waals surface area contributed by atoms with Crippen molar-refractivity contribution in [1.82, 2.24) is 0 Å². The molecule has 2 heterocycles. The van der Waals surface area contributed by atoms with Crippen LogP contribution in [0.3, 0.4) is 0 Å². The van der Waals surface area contributed by atoms with E-state index in [-0.39, 0.29) is 23.3 Å². The number of benzene rings is 1. The summed E-state index contributed by atoms with van der Waals surface area (Å²) >= 11 is 0. The third-order valence-electron chi connectivity index (χ3n) is 3.82. The summed E-state index contributed by atoms with van der Waals surface area (Å²) < 4.78 is 27.3. The van der Waals surface area contributed by atoms with Gasteiger partial charge in [-0.1, -0.05) is 0 Å². The molecular weight excluding hydrogens is 356 g/mol. The third kappa shape index (κ3) is 3.90. The number of esters is 1. The molecule has 0 amide bonds. The van der Waals surface area contributed by atoms with Crippen LogP contribution in [-0.2, 0) is 9.53 Å². The molecule has 1 unspecified atom stereocenters. The van der Waals surface area contributed by atoms with E-state index in [1.165, 1.54) is 26.4 Å². The molecule has 0 saturated heterocycles. The van der Waals surface area contributed by atoms with Gasteiger partial charge in [0, 0.05) is 13.0 Å². The zero-order chi connectivity index (χ0) is 19.8. The van der Waals surface area contributed by atoms with Gasteiger partial charge in [-0.3, -0.25) is 4.79 Å². The minimum Gasteiger partial charge on any atom is -0.495 e. The molecule has 144 valence electrons. The van der Waals surface area contributed by atoms with Gasteiger partial charge in [0.05, 0.1) is 36.2 Å². The lowest BCUT2D eigenvalue weighted by Gasteiger charge is -2.25. The number of hydrogen-bond donors (Lipinski definition) is 1. The second kappa shape index (κ2) is 6.96. The van der Waals surface area contributed by atoms with E-state index in [4.69, 9.17) is 23.0 Å². The zero-order valence-corrected chi connectivity index (χ0v) is 15.4. The largest absolute Gasteiger partial charge is 0.495 e. The van der Waals surface area contributed by atoms with Crippen LogP contribution < -0.4 is 15.1 Å². The van der Waals surface area contributed by atoms with Gasteiger partial charge in [-0.25, -0.2) is 4.79 Å². The van der Waals surface area contributed by atoms with Crippen molar-refractivity contribution in [3.8, 4) is 11.5 Å². The lowest BCUT2D eigenvalue weighted by atomic mass is 10.1. The number of ether oxygens (including phenoxy) is 3. The second-order valence-electron chi connectivity index (χ2n) is 6.70. The second-order valence-corrected chi connectivity index (χ2v) is 6.70. The van der Waals surface area contributed by atoms with Crippen molar-refractivity contribution in [2.45, 2.75) is 39.1 Å². The Kier molecular flexibility index (Phi) is 4.84. The van der Waals surface area contributed by atoms with Gasteiger partial charge in [0.15, 0.2) is 11.2 Å². The molecule has 0 aliphatic rings. The maximum atomic E-state index is 11.8. The first-order chi connectivity index (χ1) is 12.7. The fourth-order valence-electron chi connectivity index (χ4n) is 2.83. The molecule has 2 aromatic heterocycles. The van der Waals surface area contributed by atoms with E-state index < -0.39 is 23.5 Å². The molecular formula is C19H20O8. The quantitative estimate of drug-likeness (QED) is 0.397. The highest BCUT2D eigenvalue weighted by Crippen LogP contribution is 2.43. The van der Waals surface area contributed by atoms with Crippen LogP contribution in [0.4, 0.5) is 0 Å². The molecule has 1 aromatic carbocycles. The van der Waals surface area contributed by atoms with Crippen LogP contribution in [0.15, 0.2) is 38.1 Å². The van der Waals surface area contributed by atoms with Gasteiger partial charge in [-0.2, -0.15) is 0 Å². The summed E-state index contributed by atoms with van der Waals surface area (Å²) in [6.45, 7) is 4.35. The van der Waals surface area contributed by atoms with Gasteiger partial charge in [0.25, 0.3) is 0 Å². The monoisotopic (exact) mass is 376 g/mol. The van der Waals surface area contributed by atoms with Gasteiger partial charge >= 0.3 is 11.6 Å². The van der Waals surface area contributed by atoms with Gasteiger partial charge < -0.3 is 28.2 Å². The van der Waals surface area contributed by atoms with Crippen molar-refractivity contribution >= 4 is 27.9 Å². The highest BCUT2D eigenvalue weighted by atomic mass is 16.7. The zero-order valence-electron chi connectivity index (χ0n) is 15.4. The summed E-state index contributed by atoms with van der Waals surface area (Å²) in [4.78, 5) is 23.2. The van der Waals surface area contributed by atoms with Crippen molar-refractivity contribution < 1.29 is 32.9 Å². The van der Waals surface area contributed by atoms with Crippen molar-refractivity contribution in [2.24, 2.45) is 0 Å². The minimum absolute atomic E-state index is 0.0145. The average Bonchev–Trinajstić information content (AvgIpc) is 3.02. The van der Waals surface area contributed by atoms with Crippen LogP contribution in [-0.4, -0.2) is 30.1 Å². The molecule has 0 aliphatic carbocycles. The number of furan rings is 1. The molecule has 3 rings (SSSR count). The number of methoxy groups -OCH3 is 1. The van der Waals surface area contributed by atoms with E-state index in [9.17, 15) is 14.7 Å². The Morgan fingerprint density at radius 3 is 2.52 bits per heavy atom. The number of carbonyl (C=O) groups excluding carboxylic acids is 1. The molecule has 8 nitrogen and oxygen atoms in total. The van der Waals surface area contributed by atoms with Crippen LogP contribution in [0.5, 0.6) is 11.5 Å². The maximum Gasteiger partial charge on any atom is 0.336 e. The Bertz CT molecular complexity index is 1040.